The van der Waals surface area contributed by atoms with E-state index in [1.807, 2.05) is 12.1 Å². The maximum atomic E-state index is 12.4. The molecule has 0 bridgehead atoms. The number of nitrogens with one attached hydrogen (secondary N) is 1. The molecule has 0 aromatic heterocycles. The van der Waals surface area contributed by atoms with Gasteiger partial charge in [0.1, 0.15) is 0 Å². The lowest BCUT2D eigenvalue weighted by atomic mass is 9.99. The van der Waals surface area contributed by atoms with E-state index in [4.69, 9.17) is 0 Å². The molecule has 2 saturated heterocycles. The molecule has 1 N–H and O–H groups in total. The molecule has 0 radical (unpaired) electrons. The first-order chi connectivity index (χ1) is 9.57. The number of nitrogens with zero attached hydrogens (tertiary/aromatic N) is 1. The van der Waals surface area contributed by atoms with Gasteiger partial charge in [-0.3, -0.25) is 4.79 Å². The molecule has 2 fully saturated rings. The van der Waals surface area contributed by atoms with Crippen LogP contribution in [0.2, 0.25) is 0 Å². The first kappa shape index (κ1) is 13.6. The van der Waals surface area contributed by atoms with Gasteiger partial charge in [0.25, 0.3) is 0 Å². The van der Waals surface area contributed by atoms with Crippen LogP contribution < -0.4 is 5.32 Å². The van der Waals surface area contributed by atoms with Crippen LogP contribution >= 0.6 is 0 Å². The molecule has 0 unspecified atom stereocenters. The Morgan fingerprint density at radius 3 is 2.30 bits per heavy atom. The molecule has 20 heavy (non-hydrogen) atoms. The van der Waals surface area contributed by atoms with Crippen LogP contribution in [0.1, 0.15) is 30.7 Å². The average molecular weight is 294 g/mol. The zero-order valence-electron chi connectivity index (χ0n) is 11.2. The number of benzene rings is 1. The quantitative estimate of drug-likeness (QED) is 0.907. The number of amides is 1. The van der Waals surface area contributed by atoms with Crippen molar-refractivity contribution in [2.24, 2.45) is 0 Å². The summed E-state index contributed by atoms with van der Waals surface area (Å²) < 4.78 is 26.3. The number of carbonyl (C=O) groups is 1. The molecule has 5 nitrogen and oxygen atoms in total. The lowest BCUT2D eigenvalue weighted by molar-refractivity contribution is -0.119. The second kappa shape index (κ2) is 5.18. The molecule has 1 atom stereocenters. The molecule has 6 heteroatoms. The fourth-order valence-electron chi connectivity index (χ4n) is 2.83. The van der Waals surface area contributed by atoms with Crippen molar-refractivity contribution in [3.05, 3.63) is 29.8 Å². The Kier molecular flexibility index (Phi) is 3.52. The SMILES string of the molecule is O=C1C[C@H](c2ccc(S(=O)(=O)N3CCCC3)cc2)CN1. The second-order valence-corrected chi connectivity index (χ2v) is 7.32. The number of hydrogen-bond donors (Lipinski definition) is 1. The summed E-state index contributed by atoms with van der Waals surface area (Å²) in [5.74, 6) is 0.217. The smallest absolute Gasteiger partial charge is 0.243 e. The molecule has 2 heterocycles. The van der Waals surface area contributed by atoms with E-state index < -0.39 is 10.0 Å². The van der Waals surface area contributed by atoms with Gasteiger partial charge in [-0.2, -0.15) is 4.31 Å². The van der Waals surface area contributed by atoms with E-state index >= 15 is 0 Å². The van der Waals surface area contributed by atoms with Gasteiger partial charge in [0.2, 0.25) is 15.9 Å². The maximum Gasteiger partial charge on any atom is 0.243 e. The minimum Gasteiger partial charge on any atom is -0.355 e. The third kappa shape index (κ3) is 2.45. The zero-order chi connectivity index (χ0) is 14.2. The summed E-state index contributed by atoms with van der Waals surface area (Å²) in [4.78, 5) is 11.6. The topological polar surface area (TPSA) is 66.5 Å². The van der Waals surface area contributed by atoms with Crippen molar-refractivity contribution in [1.82, 2.24) is 9.62 Å². The van der Waals surface area contributed by atoms with Crippen LogP contribution in [0.5, 0.6) is 0 Å². The van der Waals surface area contributed by atoms with Crippen molar-refractivity contribution in [3.63, 3.8) is 0 Å². The number of sulfonamides is 1. The Hall–Kier alpha value is -1.40. The third-order valence-corrected chi connectivity index (χ3v) is 5.94. The van der Waals surface area contributed by atoms with Gasteiger partial charge in [0.15, 0.2) is 0 Å². The molecule has 0 aliphatic carbocycles. The van der Waals surface area contributed by atoms with Crippen LogP contribution in [0, 0.1) is 0 Å². The highest BCUT2D eigenvalue weighted by Crippen LogP contribution is 2.26. The molecule has 2 aliphatic heterocycles. The van der Waals surface area contributed by atoms with Crippen LogP contribution in [-0.4, -0.2) is 38.3 Å². The molecule has 1 aromatic carbocycles. The van der Waals surface area contributed by atoms with E-state index in [0.717, 1.165) is 18.4 Å². The van der Waals surface area contributed by atoms with Crippen molar-refractivity contribution in [2.75, 3.05) is 19.6 Å². The Morgan fingerprint density at radius 1 is 1.10 bits per heavy atom. The molecule has 2 aliphatic rings. The van der Waals surface area contributed by atoms with Crippen LogP contribution in [0.25, 0.3) is 0 Å². The van der Waals surface area contributed by atoms with E-state index in [1.54, 1.807) is 16.4 Å². The van der Waals surface area contributed by atoms with Gasteiger partial charge in [0, 0.05) is 32.0 Å². The van der Waals surface area contributed by atoms with Gasteiger partial charge in [-0.15, -0.1) is 0 Å². The van der Waals surface area contributed by atoms with Crippen molar-refractivity contribution < 1.29 is 13.2 Å². The van der Waals surface area contributed by atoms with Gasteiger partial charge in [0.05, 0.1) is 4.90 Å². The van der Waals surface area contributed by atoms with Crippen LogP contribution in [0.4, 0.5) is 0 Å². The zero-order valence-corrected chi connectivity index (χ0v) is 12.0. The average Bonchev–Trinajstić information content (AvgIpc) is 3.10. The Labute approximate surface area is 119 Å². The van der Waals surface area contributed by atoms with E-state index in [0.29, 0.717) is 31.0 Å². The predicted octanol–water partition coefficient (Wildman–Crippen LogP) is 1.07. The number of rotatable bonds is 3. The van der Waals surface area contributed by atoms with Crippen LogP contribution in [0.15, 0.2) is 29.2 Å². The minimum absolute atomic E-state index is 0.0590. The van der Waals surface area contributed by atoms with Crippen LogP contribution in [0.3, 0.4) is 0 Å². The fraction of sp³-hybridized carbons (Fsp3) is 0.500. The molecule has 0 saturated carbocycles. The molecule has 0 spiro atoms. The highest BCUT2D eigenvalue weighted by atomic mass is 32.2. The van der Waals surface area contributed by atoms with E-state index in [2.05, 4.69) is 5.32 Å². The number of hydrogen-bond acceptors (Lipinski definition) is 3. The molecule has 3 rings (SSSR count). The Bertz CT molecular complexity index is 604. The van der Waals surface area contributed by atoms with Crippen molar-refractivity contribution in [3.8, 4) is 0 Å². The van der Waals surface area contributed by atoms with Gasteiger partial charge in [-0.1, -0.05) is 12.1 Å². The summed E-state index contributed by atoms with van der Waals surface area (Å²) in [6.07, 6.45) is 2.36. The third-order valence-electron chi connectivity index (χ3n) is 4.03. The minimum atomic E-state index is -3.34. The van der Waals surface area contributed by atoms with Crippen molar-refractivity contribution in [2.45, 2.75) is 30.1 Å². The number of carbonyl (C=O) groups excluding carboxylic acids is 1. The lowest BCUT2D eigenvalue weighted by Crippen LogP contribution is -2.27. The summed E-state index contributed by atoms with van der Waals surface area (Å²) >= 11 is 0. The maximum absolute atomic E-state index is 12.4. The van der Waals surface area contributed by atoms with Crippen molar-refractivity contribution >= 4 is 15.9 Å². The summed E-state index contributed by atoms with van der Waals surface area (Å²) in [6, 6.07) is 6.97. The standard InChI is InChI=1S/C14H18N2O3S/c17-14-9-12(10-15-14)11-3-5-13(6-4-11)20(18,19)16-7-1-2-8-16/h3-6,12H,1-2,7-10H2,(H,15,17)/t12-/m0/s1. The Morgan fingerprint density at radius 2 is 1.75 bits per heavy atom. The first-order valence-corrected chi connectivity index (χ1v) is 8.38. The largest absolute Gasteiger partial charge is 0.355 e. The second-order valence-electron chi connectivity index (χ2n) is 5.39. The summed E-state index contributed by atoms with van der Waals surface area (Å²) in [5, 5.41) is 2.79. The fourth-order valence-corrected chi connectivity index (χ4v) is 4.35. The van der Waals surface area contributed by atoms with Crippen LogP contribution in [-0.2, 0) is 14.8 Å². The van der Waals surface area contributed by atoms with E-state index in [9.17, 15) is 13.2 Å². The molecule has 1 amide bonds. The monoisotopic (exact) mass is 294 g/mol. The van der Waals surface area contributed by atoms with E-state index in [1.165, 1.54) is 0 Å². The molecule has 1 aromatic rings. The van der Waals surface area contributed by atoms with Gasteiger partial charge in [-0.05, 0) is 30.5 Å². The highest BCUT2D eigenvalue weighted by molar-refractivity contribution is 7.89. The normalized spacial score (nSPS) is 24.0. The Balaban J connectivity index is 1.80. The summed E-state index contributed by atoms with van der Waals surface area (Å²) in [7, 11) is -3.34. The summed E-state index contributed by atoms with van der Waals surface area (Å²) in [6.45, 7) is 1.87. The summed E-state index contributed by atoms with van der Waals surface area (Å²) in [5.41, 5.74) is 1.02. The highest BCUT2D eigenvalue weighted by Gasteiger charge is 2.28. The van der Waals surface area contributed by atoms with Crippen molar-refractivity contribution in [1.29, 1.82) is 0 Å². The van der Waals surface area contributed by atoms with Gasteiger partial charge >= 0.3 is 0 Å². The molecular weight excluding hydrogens is 276 g/mol. The van der Waals surface area contributed by atoms with Gasteiger partial charge < -0.3 is 5.32 Å². The molecular formula is C14H18N2O3S. The lowest BCUT2D eigenvalue weighted by Gasteiger charge is -2.16. The molecule has 108 valence electrons. The van der Waals surface area contributed by atoms with Gasteiger partial charge in [-0.25, -0.2) is 8.42 Å². The first-order valence-electron chi connectivity index (χ1n) is 6.94. The van der Waals surface area contributed by atoms with E-state index in [-0.39, 0.29) is 11.8 Å². The predicted molar refractivity (Wildman–Crippen MR) is 74.8 cm³/mol.